The number of para-hydroxylation sites is 1. The molecule has 3 rings (SSSR count). The highest BCUT2D eigenvalue weighted by Gasteiger charge is 2.33. The minimum Gasteiger partial charge on any atom is -0.443 e. The molecule has 0 radical (unpaired) electrons. The van der Waals surface area contributed by atoms with Crippen LogP contribution in [0.25, 0.3) is 0 Å². The number of hydrogen-bond acceptors (Lipinski definition) is 8. The molecule has 1 aromatic carbocycles. The SMILES string of the molecule is CC(=O)Nc1nnc(S(=O)(=O)NCC2CN(c3ccccc3)C(=O)O2)s1. The Bertz CT molecular complexity index is 915. The van der Waals surface area contributed by atoms with E-state index < -0.39 is 22.2 Å². The zero-order chi connectivity index (χ0) is 18.7. The first-order chi connectivity index (χ1) is 12.3. The number of carbonyl (C=O) groups excluding carboxylic acids is 2. The van der Waals surface area contributed by atoms with Gasteiger partial charge in [-0.2, -0.15) is 0 Å². The number of amides is 2. The van der Waals surface area contributed by atoms with Crippen molar-refractivity contribution in [3.05, 3.63) is 30.3 Å². The van der Waals surface area contributed by atoms with Crippen LogP contribution in [-0.4, -0.2) is 49.8 Å². The summed E-state index contributed by atoms with van der Waals surface area (Å²) >= 11 is 0.726. The lowest BCUT2D eigenvalue weighted by atomic mass is 10.3. The van der Waals surface area contributed by atoms with Gasteiger partial charge in [0, 0.05) is 19.2 Å². The number of aromatic nitrogens is 2. The summed E-state index contributed by atoms with van der Waals surface area (Å²) in [6.45, 7) is 1.39. The summed E-state index contributed by atoms with van der Waals surface area (Å²) in [7, 11) is -3.93. The molecule has 26 heavy (non-hydrogen) atoms. The van der Waals surface area contributed by atoms with Crippen LogP contribution in [0.3, 0.4) is 0 Å². The van der Waals surface area contributed by atoms with Gasteiger partial charge in [0.15, 0.2) is 0 Å². The van der Waals surface area contributed by atoms with Crippen LogP contribution in [0.1, 0.15) is 6.92 Å². The average molecular weight is 397 g/mol. The van der Waals surface area contributed by atoms with Gasteiger partial charge < -0.3 is 10.1 Å². The van der Waals surface area contributed by atoms with Crippen LogP contribution in [0.2, 0.25) is 0 Å². The Morgan fingerprint density at radius 1 is 1.35 bits per heavy atom. The molecule has 1 atom stereocenters. The number of benzene rings is 1. The Kier molecular flexibility index (Phi) is 5.15. The van der Waals surface area contributed by atoms with Crippen LogP contribution in [0.4, 0.5) is 15.6 Å². The Morgan fingerprint density at radius 3 is 2.77 bits per heavy atom. The standard InChI is InChI=1S/C14H15N5O5S2/c1-9(20)16-12-17-18-13(25-12)26(22,23)15-7-11-8-19(14(21)24-11)10-5-3-2-4-6-10/h2-6,11,15H,7-8H2,1H3,(H,16,17,20). The number of hydrogen-bond donors (Lipinski definition) is 2. The lowest BCUT2D eigenvalue weighted by Crippen LogP contribution is -2.34. The molecule has 1 saturated heterocycles. The van der Waals surface area contributed by atoms with Crippen LogP contribution >= 0.6 is 11.3 Å². The van der Waals surface area contributed by atoms with Crippen molar-refractivity contribution in [2.24, 2.45) is 0 Å². The van der Waals surface area contributed by atoms with Crippen LogP contribution in [0, 0.1) is 0 Å². The van der Waals surface area contributed by atoms with Crippen molar-refractivity contribution >= 4 is 44.2 Å². The number of cyclic esters (lactones) is 1. The van der Waals surface area contributed by atoms with E-state index in [0.29, 0.717) is 5.69 Å². The zero-order valence-corrected chi connectivity index (χ0v) is 15.2. The van der Waals surface area contributed by atoms with Crippen LogP contribution in [-0.2, 0) is 19.6 Å². The maximum absolute atomic E-state index is 12.3. The fourth-order valence-electron chi connectivity index (χ4n) is 2.23. The summed E-state index contributed by atoms with van der Waals surface area (Å²) in [6, 6.07) is 8.94. The highest BCUT2D eigenvalue weighted by molar-refractivity contribution is 7.91. The Hall–Kier alpha value is -2.57. The Labute approximate surface area is 153 Å². The van der Waals surface area contributed by atoms with Gasteiger partial charge in [0.1, 0.15) is 6.10 Å². The summed E-state index contributed by atoms with van der Waals surface area (Å²) in [5.41, 5.74) is 0.673. The number of sulfonamides is 1. The van der Waals surface area contributed by atoms with E-state index in [9.17, 15) is 18.0 Å². The number of nitrogens with one attached hydrogen (secondary N) is 2. The number of anilines is 2. The van der Waals surface area contributed by atoms with Crippen molar-refractivity contribution in [3.8, 4) is 0 Å². The topological polar surface area (TPSA) is 131 Å². The third-order valence-corrected chi connectivity index (χ3v) is 5.99. The molecular weight excluding hydrogens is 382 g/mol. The molecular formula is C14H15N5O5S2. The zero-order valence-electron chi connectivity index (χ0n) is 13.6. The monoisotopic (exact) mass is 397 g/mol. The van der Waals surface area contributed by atoms with Gasteiger partial charge in [-0.15, -0.1) is 10.2 Å². The summed E-state index contributed by atoms with van der Waals surface area (Å²) in [5, 5.41) is 9.58. The molecule has 1 unspecified atom stereocenters. The van der Waals surface area contributed by atoms with Crippen molar-refractivity contribution in [2.75, 3.05) is 23.3 Å². The third-order valence-electron chi connectivity index (χ3n) is 3.36. The molecule has 138 valence electrons. The van der Waals surface area contributed by atoms with E-state index in [1.165, 1.54) is 11.8 Å². The number of carbonyl (C=O) groups is 2. The quantitative estimate of drug-likeness (QED) is 0.689. The van der Waals surface area contributed by atoms with E-state index in [1.54, 1.807) is 24.3 Å². The fourth-order valence-corrected chi connectivity index (χ4v) is 4.28. The molecule has 0 aliphatic carbocycles. The fraction of sp³-hybridized carbons (Fsp3) is 0.286. The normalized spacial score (nSPS) is 17.2. The van der Waals surface area contributed by atoms with E-state index in [4.69, 9.17) is 4.74 Å². The molecule has 2 aromatic rings. The summed E-state index contributed by atoms with van der Waals surface area (Å²) < 4.78 is 31.7. The minimum atomic E-state index is -3.93. The van der Waals surface area contributed by atoms with Gasteiger partial charge in [-0.05, 0) is 12.1 Å². The molecule has 0 bridgehead atoms. The summed E-state index contributed by atoms with van der Waals surface area (Å²) in [6.07, 6.45) is -1.18. The first-order valence-electron chi connectivity index (χ1n) is 7.49. The Balaban J connectivity index is 1.61. The highest BCUT2D eigenvalue weighted by atomic mass is 32.2. The molecule has 0 saturated carbocycles. The minimum absolute atomic E-state index is 0.0837. The van der Waals surface area contributed by atoms with Gasteiger partial charge >= 0.3 is 6.09 Å². The van der Waals surface area contributed by atoms with Crippen LogP contribution in [0.15, 0.2) is 34.7 Å². The summed E-state index contributed by atoms with van der Waals surface area (Å²) in [4.78, 5) is 24.3. The van der Waals surface area contributed by atoms with E-state index in [1.807, 2.05) is 6.07 Å². The van der Waals surface area contributed by atoms with E-state index in [2.05, 4.69) is 20.2 Å². The van der Waals surface area contributed by atoms with Crippen molar-refractivity contribution in [1.82, 2.24) is 14.9 Å². The smallest absolute Gasteiger partial charge is 0.414 e. The van der Waals surface area contributed by atoms with Gasteiger partial charge in [0.05, 0.1) is 6.54 Å². The van der Waals surface area contributed by atoms with Gasteiger partial charge in [0.25, 0.3) is 10.0 Å². The molecule has 1 aliphatic rings. The molecule has 1 fully saturated rings. The molecule has 0 spiro atoms. The second-order valence-electron chi connectivity index (χ2n) is 5.36. The predicted molar refractivity (Wildman–Crippen MR) is 93.5 cm³/mol. The molecule has 12 heteroatoms. The lowest BCUT2D eigenvalue weighted by molar-refractivity contribution is -0.114. The van der Waals surface area contributed by atoms with E-state index >= 15 is 0 Å². The maximum atomic E-state index is 12.3. The highest BCUT2D eigenvalue weighted by Crippen LogP contribution is 2.22. The molecule has 1 aliphatic heterocycles. The van der Waals surface area contributed by atoms with Crippen molar-refractivity contribution in [1.29, 1.82) is 0 Å². The van der Waals surface area contributed by atoms with Gasteiger partial charge in [-0.25, -0.2) is 17.9 Å². The maximum Gasteiger partial charge on any atom is 0.414 e. The van der Waals surface area contributed by atoms with E-state index in [-0.39, 0.29) is 28.5 Å². The van der Waals surface area contributed by atoms with Gasteiger partial charge in [0.2, 0.25) is 15.4 Å². The molecule has 2 N–H and O–H groups in total. The first kappa shape index (κ1) is 18.2. The average Bonchev–Trinajstić information content (AvgIpc) is 3.20. The van der Waals surface area contributed by atoms with Crippen molar-refractivity contribution in [2.45, 2.75) is 17.4 Å². The largest absolute Gasteiger partial charge is 0.443 e. The molecule has 2 heterocycles. The van der Waals surface area contributed by atoms with Crippen molar-refractivity contribution in [3.63, 3.8) is 0 Å². The van der Waals surface area contributed by atoms with Crippen molar-refractivity contribution < 1.29 is 22.7 Å². The number of rotatable bonds is 6. The second-order valence-corrected chi connectivity index (χ2v) is 8.28. The predicted octanol–water partition coefficient (Wildman–Crippen LogP) is 0.800. The molecule has 2 amide bonds. The molecule has 1 aromatic heterocycles. The molecule has 10 nitrogen and oxygen atoms in total. The number of ether oxygens (including phenoxy) is 1. The number of nitrogens with zero attached hydrogens (tertiary/aromatic N) is 3. The second kappa shape index (κ2) is 7.35. The first-order valence-corrected chi connectivity index (χ1v) is 9.79. The van der Waals surface area contributed by atoms with E-state index in [0.717, 1.165) is 11.3 Å². The summed E-state index contributed by atoms with van der Waals surface area (Å²) in [5.74, 6) is -0.378. The van der Waals surface area contributed by atoms with Gasteiger partial charge in [-0.3, -0.25) is 9.69 Å². The van der Waals surface area contributed by atoms with Gasteiger partial charge in [-0.1, -0.05) is 29.5 Å². The van der Waals surface area contributed by atoms with Crippen LogP contribution in [0.5, 0.6) is 0 Å². The van der Waals surface area contributed by atoms with Crippen LogP contribution < -0.4 is 14.9 Å². The lowest BCUT2D eigenvalue weighted by Gasteiger charge is -2.12. The Morgan fingerprint density at radius 2 is 2.08 bits per heavy atom. The third kappa shape index (κ3) is 4.15.